The topological polar surface area (TPSA) is 96.0 Å². The van der Waals surface area contributed by atoms with E-state index in [2.05, 4.69) is 15.5 Å². The number of rotatable bonds is 3. The molecule has 0 amide bonds. The van der Waals surface area contributed by atoms with E-state index < -0.39 is 4.92 Å². The predicted octanol–water partition coefficient (Wildman–Crippen LogP) is 0.579. The third kappa shape index (κ3) is 1.67. The van der Waals surface area contributed by atoms with E-state index in [1.54, 1.807) is 6.07 Å². The molecular formula is C8H7N5O3. The molecule has 0 aliphatic carbocycles. The minimum Gasteiger partial charge on any atom is -0.496 e. The lowest BCUT2D eigenvalue weighted by Gasteiger charge is -2.03. The van der Waals surface area contributed by atoms with E-state index in [1.807, 2.05) is 0 Å². The average Bonchev–Trinajstić information content (AvgIpc) is 2.81. The van der Waals surface area contributed by atoms with Crippen molar-refractivity contribution >= 4 is 5.69 Å². The summed E-state index contributed by atoms with van der Waals surface area (Å²) < 4.78 is 6.13. The lowest BCUT2D eigenvalue weighted by atomic mass is 10.2. The molecule has 8 nitrogen and oxygen atoms in total. The number of aromatic nitrogens is 4. The molecule has 0 aliphatic heterocycles. The normalized spacial score (nSPS) is 10.1. The molecule has 1 aromatic heterocycles. The number of nitrogens with zero attached hydrogens (tertiary/aromatic N) is 5. The van der Waals surface area contributed by atoms with E-state index in [4.69, 9.17) is 4.74 Å². The number of hydrogen-bond acceptors (Lipinski definition) is 6. The zero-order valence-electron chi connectivity index (χ0n) is 8.27. The van der Waals surface area contributed by atoms with Crippen molar-refractivity contribution in [1.82, 2.24) is 20.2 Å². The number of tetrazole rings is 1. The molecule has 0 atom stereocenters. The SMILES string of the molecule is COc1ccc(-n2cnnn2)c([N+](=O)[O-])c1. The van der Waals surface area contributed by atoms with Gasteiger partial charge < -0.3 is 4.74 Å². The van der Waals surface area contributed by atoms with Crippen molar-refractivity contribution in [2.45, 2.75) is 0 Å². The summed E-state index contributed by atoms with van der Waals surface area (Å²) in [5.74, 6) is 0.406. The van der Waals surface area contributed by atoms with Gasteiger partial charge in [0.25, 0.3) is 5.69 Å². The summed E-state index contributed by atoms with van der Waals surface area (Å²) in [7, 11) is 1.44. The highest BCUT2D eigenvalue weighted by atomic mass is 16.6. The highest BCUT2D eigenvalue weighted by molar-refractivity contribution is 5.55. The Morgan fingerprint density at radius 1 is 1.50 bits per heavy atom. The second-order valence-corrected chi connectivity index (χ2v) is 2.87. The second kappa shape index (κ2) is 3.93. The predicted molar refractivity (Wildman–Crippen MR) is 52.4 cm³/mol. The fourth-order valence-corrected chi connectivity index (χ4v) is 1.24. The van der Waals surface area contributed by atoms with Crippen molar-refractivity contribution in [3.05, 3.63) is 34.6 Å². The summed E-state index contributed by atoms with van der Waals surface area (Å²) in [5, 5.41) is 21.3. The van der Waals surface area contributed by atoms with Gasteiger partial charge in [0.15, 0.2) is 0 Å². The molecule has 1 aromatic carbocycles. The van der Waals surface area contributed by atoms with Crippen LogP contribution in [0.4, 0.5) is 5.69 Å². The van der Waals surface area contributed by atoms with Crippen LogP contribution in [0.1, 0.15) is 0 Å². The fraction of sp³-hybridized carbons (Fsp3) is 0.125. The fourth-order valence-electron chi connectivity index (χ4n) is 1.24. The highest BCUT2D eigenvalue weighted by Crippen LogP contribution is 2.26. The van der Waals surface area contributed by atoms with Crippen LogP contribution in [0.5, 0.6) is 5.75 Å². The van der Waals surface area contributed by atoms with Crippen LogP contribution in [0, 0.1) is 10.1 Å². The Hall–Kier alpha value is -2.51. The lowest BCUT2D eigenvalue weighted by Crippen LogP contribution is -2.01. The molecule has 0 N–H and O–H groups in total. The lowest BCUT2D eigenvalue weighted by molar-refractivity contribution is -0.384. The molecule has 82 valence electrons. The van der Waals surface area contributed by atoms with Gasteiger partial charge in [-0.15, -0.1) is 5.10 Å². The largest absolute Gasteiger partial charge is 0.496 e. The first-order valence-corrected chi connectivity index (χ1v) is 4.28. The maximum Gasteiger partial charge on any atom is 0.298 e. The smallest absolute Gasteiger partial charge is 0.298 e. The molecule has 2 rings (SSSR count). The maximum absolute atomic E-state index is 10.9. The van der Waals surface area contributed by atoms with Crippen LogP contribution in [0.2, 0.25) is 0 Å². The molecule has 0 radical (unpaired) electrons. The Bertz CT molecular complexity index is 510. The minimum atomic E-state index is -0.514. The van der Waals surface area contributed by atoms with E-state index in [1.165, 1.54) is 30.3 Å². The molecule has 2 aromatic rings. The van der Waals surface area contributed by atoms with Crippen molar-refractivity contribution in [1.29, 1.82) is 0 Å². The van der Waals surface area contributed by atoms with E-state index >= 15 is 0 Å². The molecular weight excluding hydrogens is 214 g/mol. The van der Waals surface area contributed by atoms with Crippen molar-refractivity contribution in [2.24, 2.45) is 0 Å². The molecule has 0 bridgehead atoms. The third-order valence-electron chi connectivity index (χ3n) is 1.98. The van der Waals surface area contributed by atoms with Crippen molar-refractivity contribution in [3.8, 4) is 11.4 Å². The van der Waals surface area contributed by atoms with Crippen molar-refractivity contribution < 1.29 is 9.66 Å². The summed E-state index contributed by atoms with van der Waals surface area (Å²) in [6.07, 6.45) is 1.29. The van der Waals surface area contributed by atoms with Gasteiger partial charge in [-0.05, 0) is 22.6 Å². The number of methoxy groups -OCH3 is 1. The van der Waals surface area contributed by atoms with E-state index in [9.17, 15) is 10.1 Å². The van der Waals surface area contributed by atoms with Gasteiger partial charge in [-0.2, -0.15) is 4.68 Å². The minimum absolute atomic E-state index is 0.119. The molecule has 8 heteroatoms. The van der Waals surface area contributed by atoms with Gasteiger partial charge in [0, 0.05) is 0 Å². The van der Waals surface area contributed by atoms with E-state index in [0.717, 1.165) is 0 Å². The summed E-state index contributed by atoms with van der Waals surface area (Å²) in [4.78, 5) is 10.3. The number of nitro groups is 1. The van der Waals surface area contributed by atoms with Gasteiger partial charge in [0.05, 0.1) is 18.1 Å². The van der Waals surface area contributed by atoms with Crippen LogP contribution >= 0.6 is 0 Å². The Labute approximate surface area is 89.6 Å². The summed E-state index contributed by atoms with van der Waals surface area (Å²) in [5.41, 5.74) is 0.169. The molecule has 0 unspecified atom stereocenters. The molecule has 1 heterocycles. The monoisotopic (exact) mass is 221 g/mol. The molecule has 0 fully saturated rings. The highest BCUT2D eigenvalue weighted by Gasteiger charge is 2.17. The molecule has 16 heavy (non-hydrogen) atoms. The number of ether oxygens (including phenoxy) is 1. The number of nitro benzene ring substituents is 1. The zero-order valence-corrected chi connectivity index (χ0v) is 8.27. The molecule has 0 saturated carbocycles. The van der Waals surface area contributed by atoms with Gasteiger partial charge in [0.2, 0.25) is 0 Å². The van der Waals surface area contributed by atoms with Gasteiger partial charge in [0.1, 0.15) is 17.8 Å². The molecule has 0 aliphatic rings. The summed E-state index contributed by atoms with van der Waals surface area (Å²) in [6, 6.07) is 4.44. The number of benzene rings is 1. The van der Waals surface area contributed by atoms with Crippen LogP contribution in [-0.2, 0) is 0 Å². The summed E-state index contributed by atoms with van der Waals surface area (Å²) >= 11 is 0. The Morgan fingerprint density at radius 3 is 2.88 bits per heavy atom. The Morgan fingerprint density at radius 2 is 2.31 bits per heavy atom. The van der Waals surface area contributed by atoms with Crippen molar-refractivity contribution in [2.75, 3.05) is 7.11 Å². The summed E-state index contributed by atoms with van der Waals surface area (Å²) in [6.45, 7) is 0. The zero-order chi connectivity index (χ0) is 11.5. The first-order valence-electron chi connectivity index (χ1n) is 4.28. The molecule has 0 spiro atoms. The van der Waals surface area contributed by atoms with E-state index in [-0.39, 0.29) is 11.4 Å². The number of hydrogen-bond donors (Lipinski definition) is 0. The average molecular weight is 221 g/mol. The second-order valence-electron chi connectivity index (χ2n) is 2.87. The van der Waals surface area contributed by atoms with Gasteiger partial charge in [-0.1, -0.05) is 0 Å². The Balaban J connectivity index is 2.57. The van der Waals surface area contributed by atoms with Crippen LogP contribution < -0.4 is 4.74 Å². The van der Waals surface area contributed by atoms with Gasteiger partial charge >= 0.3 is 0 Å². The van der Waals surface area contributed by atoms with E-state index in [0.29, 0.717) is 5.75 Å². The maximum atomic E-state index is 10.9. The molecule has 0 saturated heterocycles. The third-order valence-corrected chi connectivity index (χ3v) is 1.98. The standard InChI is InChI=1S/C8H7N5O3/c1-16-6-2-3-7(8(4-6)13(14)15)12-5-9-10-11-12/h2-5H,1H3. The van der Waals surface area contributed by atoms with Gasteiger partial charge in [-0.3, -0.25) is 10.1 Å². The quantitative estimate of drug-likeness (QED) is 0.555. The first kappa shape index (κ1) is 10.0. The van der Waals surface area contributed by atoms with Crippen LogP contribution in [0.25, 0.3) is 5.69 Å². The van der Waals surface area contributed by atoms with Gasteiger partial charge in [-0.25, -0.2) is 0 Å². The first-order chi connectivity index (χ1) is 7.72. The Kier molecular flexibility index (Phi) is 2.46. The van der Waals surface area contributed by atoms with Crippen LogP contribution in [0.3, 0.4) is 0 Å². The van der Waals surface area contributed by atoms with Crippen LogP contribution in [0.15, 0.2) is 24.5 Å². The van der Waals surface area contributed by atoms with Crippen LogP contribution in [-0.4, -0.2) is 32.2 Å². The van der Waals surface area contributed by atoms with Crippen molar-refractivity contribution in [3.63, 3.8) is 0 Å².